The molecule has 148 valence electrons. The first-order valence-electron chi connectivity index (χ1n) is 9.39. The van der Waals surface area contributed by atoms with Gasteiger partial charge >= 0.3 is 5.69 Å². The van der Waals surface area contributed by atoms with Crippen molar-refractivity contribution in [3.63, 3.8) is 0 Å². The lowest BCUT2D eigenvalue weighted by molar-refractivity contribution is 0.0954. The van der Waals surface area contributed by atoms with E-state index < -0.39 is 0 Å². The van der Waals surface area contributed by atoms with Crippen molar-refractivity contribution in [2.75, 3.05) is 19.8 Å². The third kappa shape index (κ3) is 4.19. The summed E-state index contributed by atoms with van der Waals surface area (Å²) in [5.74, 6) is 1.26. The first kappa shape index (κ1) is 19.5. The van der Waals surface area contributed by atoms with Gasteiger partial charge < -0.3 is 19.8 Å². The molecule has 7 nitrogen and oxygen atoms in total. The number of benzene rings is 2. The number of aryl methyl sites for hydroxylation is 1. The van der Waals surface area contributed by atoms with Crippen molar-refractivity contribution in [2.24, 2.45) is 7.05 Å². The van der Waals surface area contributed by atoms with Gasteiger partial charge in [0.1, 0.15) is 0 Å². The van der Waals surface area contributed by atoms with E-state index in [2.05, 4.69) is 10.3 Å². The van der Waals surface area contributed by atoms with Crippen molar-refractivity contribution in [3.8, 4) is 11.5 Å². The Morgan fingerprint density at radius 2 is 1.82 bits per heavy atom. The summed E-state index contributed by atoms with van der Waals surface area (Å²) in [6.07, 6.45) is 0.669. The summed E-state index contributed by atoms with van der Waals surface area (Å²) in [7, 11) is 1.69. The molecule has 1 amide bonds. The highest BCUT2D eigenvalue weighted by molar-refractivity contribution is 5.97. The van der Waals surface area contributed by atoms with Crippen LogP contribution < -0.4 is 20.5 Å². The van der Waals surface area contributed by atoms with E-state index in [1.165, 1.54) is 4.57 Å². The number of hydrogen-bond acceptors (Lipinski definition) is 4. The zero-order valence-corrected chi connectivity index (χ0v) is 16.4. The summed E-state index contributed by atoms with van der Waals surface area (Å²) in [5.41, 5.74) is 2.77. The molecule has 0 atom stereocenters. The Balaban J connectivity index is 1.63. The van der Waals surface area contributed by atoms with Gasteiger partial charge in [-0.1, -0.05) is 6.07 Å². The van der Waals surface area contributed by atoms with Gasteiger partial charge in [0, 0.05) is 19.2 Å². The van der Waals surface area contributed by atoms with E-state index in [0.717, 1.165) is 16.8 Å². The number of rotatable bonds is 8. The normalized spacial score (nSPS) is 10.8. The molecule has 28 heavy (non-hydrogen) atoms. The summed E-state index contributed by atoms with van der Waals surface area (Å²) >= 11 is 0. The van der Waals surface area contributed by atoms with E-state index in [4.69, 9.17) is 9.47 Å². The fourth-order valence-electron chi connectivity index (χ4n) is 3.05. The van der Waals surface area contributed by atoms with Crippen LogP contribution in [-0.4, -0.2) is 35.2 Å². The number of nitrogens with zero attached hydrogens (tertiary/aromatic N) is 1. The van der Waals surface area contributed by atoms with Crippen LogP contribution in [0, 0.1) is 0 Å². The summed E-state index contributed by atoms with van der Waals surface area (Å²) in [6, 6.07) is 11.0. The molecule has 0 aliphatic carbocycles. The predicted octanol–water partition coefficient (Wildman–Crippen LogP) is 2.64. The van der Waals surface area contributed by atoms with E-state index in [9.17, 15) is 9.59 Å². The van der Waals surface area contributed by atoms with Crippen LogP contribution in [0.3, 0.4) is 0 Å². The van der Waals surface area contributed by atoms with Gasteiger partial charge in [0.05, 0.1) is 24.2 Å². The number of ether oxygens (including phenoxy) is 2. The summed E-state index contributed by atoms with van der Waals surface area (Å²) in [6.45, 7) is 5.49. The van der Waals surface area contributed by atoms with Crippen LogP contribution in [0.4, 0.5) is 0 Å². The van der Waals surface area contributed by atoms with Gasteiger partial charge in [0.25, 0.3) is 5.91 Å². The fraction of sp³-hybridized carbons (Fsp3) is 0.333. The molecule has 0 saturated heterocycles. The topological polar surface area (TPSA) is 85.4 Å². The van der Waals surface area contributed by atoms with Gasteiger partial charge in [-0.25, -0.2) is 4.79 Å². The first-order valence-corrected chi connectivity index (χ1v) is 9.39. The molecule has 0 unspecified atom stereocenters. The van der Waals surface area contributed by atoms with Crippen molar-refractivity contribution in [2.45, 2.75) is 20.3 Å². The molecule has 0 saturated carbocycles. The van der Waals surface area contributed by atoms with Gasteiger partial charge in [0.15, 0.2) is 11.5 Å². The molecule has 1 aromatic heterocycles. The third-order valence-electron chi connectivity index (χ3n) is 4.47. The Labute approximate surface area is 163 Å². The molecule has 3 aromatic rings. The molecule has 7 heteroatoms. The second-order valence-corrected chi connectivity index (χ2v) is 6.37. The van der Waals surface area contributed by atoms with Crippen LogP contribution in [0.15, 0.2) is 41.2 Å². The van der Waals surface area contributed by atoms with Crippen LogP contribution >= 0.6 is 0 Å². The van der Waals surface area contributed by atoms with E-state index >= 15 is 0 Å². The first-order chi connectivity index (χ1) is 13.5. The van der Waals surface area contributed by atoms with Crippen molar-refractivity contribution < 1.29 is 14.3 Å². The SMILES string of the molecule is CCOc1ccc(CCNC(=O)c2ccc3c(c2)[nH]c(=O)n3C)cc1OCC. The number of amides is 1. The standard InChI is InChI=1S/C21H25N3O4/c1-4-27-18-9-6-14(12-19(18)28-5-2)10-11-22-20(25)15-7-8-17-16(13-15)23-21(26)24(17)3/h6-9,12-13H,4-5,10-11H2,1-3H3,(H,22,25)(H,23,26). The molecule has 2 N–H and O–H groups in total. The van der Waals surface area contributed by atoms with Crippen LogP contribution in [0.1, 0.15) is 29.8 Å². The second kappa shape index (κ2) is 8.65. The Morgan fingerprint density at radius 3 is 2.57 bits per heavy atom. The van der Waals surface area contributed by atoms with Crippen molar-refractivity contribution in [3.05, 3.63) is 58.0 Å². The Kier molecular flexibility index (Phi) is 6.03. The van der Waals surface area contributed by atoms with Crippen molar-refractivity contribution in [1.82, 2.24) is 14.9 Å². The molecule has 1 heterocycles. The summed E-state index contributed by atoms with van der Waals surface area (Å²) < 4.78 is 12.7. The lowest BCUT2D eigenvalue weighted by Gasteiger charge is -2.12. The van der Waals surface area contributed by atoms with E-state index in [1.807, 2.05) is 32.0 Å². The number of H-pyrrole nitrogens is 1. The Hall–Kier alpha value is -3.22. The number of hydrogen-bond donors (Lipinski definition) is 2. The van der Waals surface area contributed by atoms with Gasteiger partial charge in [0.2, 0.25) is 0 Å². The van der Waals surface area contributed by atoms with Gasteiger partial charge in [-0.2, -0.15) is 0 Å². The quantitative estimate of drug-likeness (QED) is 0.626. The highest BCUT2D eigenvalue weighted by Gasteiger charge is 2.10. The maximum atomic E-state index is 12.4. The molecular weight excluding hydrogens is 358 g/mol. The highest BCUT2D eigenvalue weighted by Crippen LogP contribution is 2.28. The lowest BCUT2D eigenvalue weighted by Crippen LogP contribution is -2.25. The number of carbonyl (C=O) groups is 1. The highest BCUT2D eigenvalue weighted by atomic mass is 16.5. The number of imidazole rings is 1. The Morgan fingerprint density at radius 1 is 1.07 bits per heavy atom. The molecule has 0 fully saturated rings. The monoisotopic (exact) mass is 383 g/mol. The number of fused-ring (bicyclic) bond motifs is 1. The minimum absolute atomic E-state index is 0.178. The number of aromatic amines is 1. The largest absolute Gasteiger partial charge is 0.490 e. The minimum Gasteiger partial charge on any atom is -0.490 e. The van der Waals surface area contributed by atoms with E-state index in [1.54, 1.807) is 25.2 Å². The molecule has 0 radical (unpaired) electrons. The molecule has 0 aliphatic heterocycles. The Bertz CT molecular complexity index is 1040. The van der Waals surface area contributed by atoms with Gasteiger partial charge in [-0.15, -0.1) is 0 Å². The molecule has 0 bridgehead atoms. The van der Waals surface area contributed by atoms with Gasteiger partial charge in [-0.05, 0) is 56.2 Å². The average molecular weight is 383 g/mol. The molecular formula is C21H25N3O4. The van der Waals surface area contributed by atoms with Crippen LogP contribution in [0.25, 0.3) is 11.0 Å². The smallest absolute Gasteiger partial charge is 0.326 e. The molecule has 3 rings (SSSR count). The maximum absolute atomic E-state index is 12.4. The van der Waals surface area contributed by atoms with Crippen molar-refractivity contribution >= 4 is 16.9 Å². The fourth-order valence-corrected chi connectivity index (χ4v) is 3.05. The molecule has 0 spiro atoms. The number of aromatic nitrogens is 2. The van der Waals surface area contributed by atoms with Crippen molar-refractivity contribution in [1.29, 1.82) is 0 Å². The van der Waals surface area contributed by atoms with Gasteiger partial charge in [-0.3, -0.25) is 9.36 Å². The van der Waals surface area contributed by atoms with Crippen LogP contribution in [0.2, 0.25) is 0 Å². The number of nitrogens with one attached hydrogen (secondary N) is 2. The van der Waals surface area contributed by atoms with Crippen LogP contribution in [-0.2, 0) is 13.5 Å². The minimum atomic E-state index is -0.201. The average Bonchev–Trinajstić information content (AvgIpc) is 2.97. The van der Waals surface area contributed by atoms with E-state index in [0.29, 0.717) is 43.0 Å². The maximum Gasteiger partial charge on any atom is 0.326 e. The molecule has 0 aliphatic rings. The van der Waals surface area contributed by atoms with Crippen LogP contribution in [0.5, 0.6) is 11.5 Å². The summed E-state index contributed by atoms with van der Waals surface area (Å²) in [5, 5.41) is 2.91. The second-order valence-electron chi connectivity index (χ2n) is 6.37. The summed E-state index contributed by atoms with van der Waals surface area (Å²) in [4.78, 5) is 26.8. The predicted molar refractivity (Wildman–Crippen MR) is 108 cm³/mol. The lowest BCUT2D eigenvalue weighted by atomic mass is 10.1. The van der Waals surface area contributed by atoms with E-state index in [-0.39, 0.29) is 11.6 Å². The zero-order chi connectivity index (χ0) is 20.1. The zero-order valence-electron chi connectivity index (χ0n) is 16.4. The number of carbonyl (C=O) groups excluding carboxylic acids is 1. The third-order valence-corrected chi connectivity index (χ3v) is 4.47. The molecule has 2 aromatic carbocycles.